The van der Waals surface area contributed by atoms with Crippen LogP contribution in [0.1, 0.15) is 60.3 Å². The first kappa shape index (κ1) is 28.8. The summed E-state index contributed by atoms with van der Waals surface area (Å²) in [6.45, 7) is 10.00. The smallest absolute Gasteiger partial charge is 0.411 e. The molecule has 0 saturated carbocycles. The number of carbonyl (C=O) groups excluding carboxylic acids is 1. The fraction of sp³-hybridized carbons (Fsp3) is 0.533. The summed E-state index contributed by atoms with van der Waals surface area (Å²) >= 11 is 0. The number of methoxy groups -OCH3 is 1. The summed E-state index contributed by atoms with van der Waals surface area (Å²) in [5.74, 6) is 0.695. The summed E-state index contributed by atoms with van der Waals surface area (Å²) in [6.07, 6.45) is 6.34. The highest BCUT2D eigenvalue weighted by molar-refractivity contribution is 5.75. The maximum atomic E-state index is 15.2. The number of fused-ring (bicyclic) bond motifs is 2. The van der Waals surface area contributed by atoms with E-state index in [1.54, 1.807) is 18.5 Å². The van der Waals surface area contributed by atoms with Crippen molar-refractivity contribution in [1.82, 2.24) is 25.3 Å². The lowest BCUT2D eigenvalue weighted by atomic mass is 9.82. The first-order valence-electron chi connectivity index (χ1n) is 13.9. The maximum absolute atomic E-state index is 15.2. The number of piperidine rings is 1. The number of rotatable bonds is 7. The molecule has 5 rings (SSSR count). The molecule has 3 aromatic rings. The summed E-state index contributed by atoms with van der Waals surface area (Å²) in [7, 11) is 3.53. The van der Waals surface area contributed by atoms with E-state index in [4.69, 9.17) is 14.2 Å². The number of anilines is 1. The van der Waals surface area contributed by atoms with Gasteiger partial charge in [0, 0.05) is 54.2 Å². The van der Waals surface area contributed by atoms with Crippen LogP contribution < -0.4 is 9.64 Å². The highest BCUT2D eigenvalue weighted by Gasteiger charge is 2.59. The Kier molecular flexibility index (Phi) is 7.44. The molecule has 3 atom stereocenters. The minimum absolute atomic E-state index is 0.00274. The van der Waals surface area contributed by atoms with Gasteiger partial charge in [-0.3, -0.25) is 10.00 Å². The van der Waals surface area contributed by atoms with Gasteiger partial charge in [-0.15, -0.1) is 10.2 Å². The molecule has 2 aliphatic heterocycles. The molecule has 1 aromatic carbocycles. The van der Waals surface area contributed by atoms with Crippen molar-refractivity contribution in [3.63, 3.8) is 0 Å². The van der Waals surface area contributed by atoms with Crippen LogP contribution in [0.15, 0.2) is 36.7 Å². The van der Waals surface area contributed by atoms with Crippen LogP contribution in [0.4, 0.5) is 15.0 Å². The Morgan fingerprint density at radius 1 is 1.15 bits per heavy atom. The molecule has 0 aliphatic carbocycles. The molecule has 2 aliphatic rings. The Morgan fingerprint density at radius 2 is 1.85 bits per heavy atom. The largest absolute Gasteiger partial charge is 0.467 e. The zero-order chi connectivity index (χ0) is 29.6. The zero-order valence-corrected chi connectivity index (χ0v) is 24.8. The number of nitrogens with one attached hydrogen (secondary N) is 1. The van der Waals surface area contributed by atoms with E-state index < -0.39 is 11.4 Å². The predicted molar refractivity (Wildman–Crippen MR) is 153 cm³/mol. The van der Waals surface area contributed by atoms with Gasteiger partial charge in [-0.2, -0.15) is 5.10 Å². The summed E-state index contributed by atoms with van der Waals surface area (Å²) in [5.41, 5.74) is 0.723. The molecule has 2 saturated heterocycles. The predicted octanol–water partition coefficient (Wildman–Crippen LogP) is 5.80. The number of H-pyrrole nitrogens is 1. The standard InChI is InChI=1S/C30H39FN6O4/c1-28(2,3)41-27(38)37-29(4)10-11-30(37,5)15-20(14-29)36(6)26-9-8-24(34-35-26)22-12-23(31)21(19-16-32-33-17-19)13-25(22)40-18-39-7/h8-9,12-13,16-17,20H,10-11,14-15,18H2,1-7H3,(H,32,33)/t20?,29-,30+. The second kappa shape index (κ2) is 10.6. The maximum Gasteiger partial charge on any atom is 0.411 e. The van der Waals surface area contributed by atoms with Gasteiger partial charge in [0.25, 0.3) is 0 Å². The first-order chi connectivity index (χ1) is 19.3. The summed E-state index contributed by atoms with van der Waals surface area (Å²) in [4.78, 5) is 17.3. The summed E-state index contributed by atoms with van der Waals surface area (Å²) in [6, 6.07) is 6.87. The van der Waals surface area contributed by atoms with Crippen LogP contribution in [0.3, 0.4) is 0 Å². The molecule has 11 heteroatoms. The number of hydrogen-bond donors (Lipinski definition) is 1. The number of aromatic amines is 1. The number of aromatic nitrogens is 4. The second-order valence-electron chi connectivity index (χ2n) is 12.6. The number of amides is 1. The highest BCUT2D eigenvalue weighted by Crippen LogP contribution is 2.52. The number of benzene rings is 1. The molecule has 0 radical (unpaired) electrons. The van der Waals surface area contributed by atoms with Crippen LogP contribution >= 0.6 is 0 Å². The fourth-order valence-electron chi connectivity index (χ4n) is 6.37. The van der Waals surface area contributed by atoms with E-state index in [0.29, 0.717) is 34.0 Å². The second-order valence-corrected chi connectivity index (χ2v) is 12.6. The third-order valence-electron chi connectivity index (χ3n) is 8.25. The number of halogens is 1. The van der Waals surface area contributed by atoms with Crippen molar-refractivity contribution in [3.05, 3.63) is 42.5 Å². The number of ether oxygens (including phenoxy) is 3. The highest BCUT2D eigenvalue weighted by atomic mass is 19.1. The van der Waals surface area contributed by atoms with Crippen molar-refractivity contribution in [2.24, 2.45) is 0 Å². The van der Waals surface area contributed by atoms with Gasteiger partial charge < -0.3 is 19.1 Å². The van der Waals surface area contributed by atoms with Crippen LogP contribution in [0.5, 0.6) is 5.75 Å². The molecule has 1 amide bonds. The normalized spacial score (nSPS) is 23.9. The monoisotopic (exact) mass is 566 g/mol. The molecule has 4 heterocycles. The third kappa shape index (κ3) is 5.59. The fourth-order valence-corrected chi connectivity index (χ4v) is 6.37. The average molecular weight is 567 g/mol. The third-order valence-corrected chi connectivity index (χ3v) is 8.25. The van der Waals surface area contributed by atoms with Crippen molar-refractivity contribution in [1.29, 1.82) is 0 Å². The molecule has 1 N–H and O–H groups in total. The van der Waals surface area contributed by atoms with E-state index in [-0.39, 0.29) is 30.0 Å². The molecule has 10 nitrogen and oxygen atoms in total. The van der Waals surface area contributed by atoms with Crippen LogP contribution in [0, 0.1) is 5.82 Å². The van der Waals surface area contributed by atoms with Crippen LogP contribution in [0.25, 0.3) is 22.4 Å². The van der Waals surface area contributed by atoms with Gasteiger partial charge >= 0.3 is 6.09 Å². The van der Waals surface area contributed by atoms with Gasteiger partial charge in [0.1, 0.15) is 17.2 Å². The lowest BCUT2D eigenvalue weighted by molar-refractivity contribution is -0.0357. The van der Waals surface area contributed by atoms with E-state index in [9.17, 15) is 4.79 Å². The minimum atomic E-state index is -0.550. The lowest BCUT2D eigenvalue weighted by Crippen LogP contribution is -2.63. The minimum Gasteiger partial charge on any atom is -0.467 e. The first-order valence-corrected chi connectivity index (χ1v) is 13.9. The van der Waals surface area contributed by atoms with Crippen molar-refractivity contribution >= 4 is 11.9 Å². The van der Waals surface area contributed by atoms with Crippen LogP contribution in [-0.2, 0) is 9.47 Å². The lowest BCUT2D eigenvalue weighted by Gasteiger charge is -2.52. The van der Waals surface area contributed by atoms with Gasteiger partial charge in [-0.05, 0) is 84.6 Å². The van der Waals surface area contributed by atoms with Crippen molar-refractivity contribution in [3.8, 4) is 28.1 Å². The molecular formula is C30H39FN6O4. The molecule has 2 fully saturated rings. The Morgan fingerprint density at radius 3 is 2.41 bits per heavy atom. The van der Waals surface area contributed by atoms with Gasteiger partial charge in [-0.25, -0.2) is 9.18 Å². The number of nitrogens with zero attached hydrogens (tertiary/aromatic N) is 5. The Labute approximate surface area is 240 Å². The summed E-state index contributed by atoms with van der Waals surface area (Å²) < 4.78 is 31.8. The van der Waals surface area contributed by atoms with Crippen LogP contribution in [0.2, 0.25) is 0 Å². The molecule has 2 bridgehead atoms. The van der Waals surface area contributed by atoms with Gasteiger partial charge in [0.2, 0.25) is 0 Å². The Hall–Kier alpha value is -3.73. The van der Waals surface area contributed by atoms with E-state index in [1.165, 1.54) is 13.2 Å². The van der Waals surface area contributed by atoms with E-state index in [0.717, 1.165) is 25.7 Å². The number of carbonyl (C=O) groups is 1. The van der Waals surface area contributed by atoms with Crippen molar-refractivity contribution < 1.29 is 23.4 Å². The van der Waals surface area contributed by atoms with Crippen molar-refractivity contribution in [2.45, 2.75) is 83.0 Å². The van der Waals surface area contributed by atoms with Crippen molar-refractivity contribution in [2.75, 3.05) is 25.9 Å². The SMILES string of the molecule is COCOc1cc(-c2cn[nH]c2)c(F)cc1-c1ccc(N(C)C2C[C@]3(C)CC[C@](C)(C2)N3C(=O)OC(C)(C)C)nn1. The van der Waals surface area contributed by atoms with E-state index >= 15 is 4.39 Å². The number of hydrogen-bond acceptors (Lipinski definition) is 8. The molecule has 1 unspecified atom stereocenters. The molecule has 0 spiro atoms. The molecule has 41 heavy (non-hydrogen) atoms. The quantitative estimate of drug-likeness (QED) is 0.358. The Bertz CT molecular complexity index is 1370. The summed E-state index contributed by atoms with van der Waals surface area (Å²) in [5, 5.41) is 15.6. The topological polar surface area (TPSA) is 106 Å². The van der Waals surface area contributed by atoms with E-state index in [1.807, 2.05) is 44.9 Å². The average Bonchev–Trinajstić information content (AvgIpc) is 3.49. The Balaban J connectivity index is 1.38. The molecular weight excluding hydrogens is 527 g/mol. The van der Waals surface area contributed by atoms with Gasteiger partial charge in [0.15, 0.2) is 12.6 Å². The van der Waals surface area contributed by atoms with Gasteiger partial charge in [0.05, 0.1) is 11.9 Å². The molecule has 220 valence electrons. The van der Waals surface area contributed by atoms with Gasteiger partial charge in [-0.1, -0.05) is 0 Å². The zero-order valence-electron chi connectivity index (χ0n) is 24.8. The van der Waals surface area contributed by atoms with E-state index in [2.05, 4.69) is 39.1 Å². The molecule has 2 aromatic heterocycles. The van der Waals surface area contributed by atoms with Crippen LogP contribution in [-0.4, -0.2) is 75.1 Å².